The van der Waals surface area contributed by atoms with Crippen LogP contribution in [0.1, 0.15) is 57.2 Å². The van der Waals surface area contributed by atoms with Crippen LogP contribution in [0.3, 0.4) is 0 Å². The van der Waals surface area contributed by atoms with Crippen LogP contribution in [0.5, 0.6) is 0 Å². The SMILES string of the molecule is CC(C)CCNC(=O)[C@H](Cc1ccccc1)NC(=O)[C@H](Cc1ccccc1)NC(=O)[C@H](CC(C)C)NC(=O)/C=C/c1ccccc1. The Morgan fingerprint density at radius 1 is 0.587 bits per heavy atom. The predicted octanol–water partition coefficient (Wildman–Crippen LogP) is 4.85. The van der Waals surface area contributed by atoms with Gasteiger partial charge in [0.05, 0.1) is 0 Å². The summed E-state index contributed by atoms with van der Waals surface area (Å²) in [4.78, 5) is 53.8. The Kier molecular flexibility index (Phi) is 14.7. The Morgan fingerprint density at radius 2 is 1.07 bits per heavy atom. The normalized spacial score (nSPS) is 13.2. The van der Waals surface area contributed by atoms with E-state index in [9.17, 15) is 19.2 Å². The number of rotatable bonds is 17. The van der Waals surface area contributed by atoms with E-state index in [2.05, 4.69) is 35.1 Å². The highest BCUT2D eigenvalue weighted by Crippen LogP contribution is 2.10. The van der Waals surface area contributed by atoms with Gasteiger partial charge in [-0.15, -0.1) is 0 Å². The molecule has 4 N–H and O–H groups in total. The van der Waals surface area contributed by atoms with Gasteiger partial charge < -0.3 is 21.3 Å². The van der Waals surface area contributed by atoms with E-state index in [4.69, 9.17) is 0 Å². The molecule has 3 rings (SSSR count). The van der Waals surface area contributed by atoms with E-state index in [1.54, 1.807) is 6.08 Å². The quantitative estimate of drug-likeness (QED) is 0.161. The van der Waals surface area contributed by atoms with Crippen molar-refractivity contribution in [1.82, 2.24) is 21.3 Å². The molecule has 0 heterocycles. The molecular formula is C38H48N4O4. The van der Waals surface area contributed by atoms with Gasteiger partial charge in [0, 0.05) is 25.5 Å². The summed E-state index contributed by atoms with van der Waals surface area (Å²) in [7, 11) is 0. The summed E-state index contributed by atoms with van der Waals surface area (Å²) in [5, 5.41) is 11.6. The van der Waals surface area contributed by atoms with Crippen molar-refractivity contribution in [2.45, 2.75) is 71.5 Å². The summed E-state index contributed by atoms with van der Waals surface area (Å²) < 4.78 is 0. The molecule has 0 saturated carbocycles. The second-order valence-corrected chi connectivity index (χ2v) is 12.4. The maximum atomic E-state index is 13.9. The maximum Gasteiger partial charge on any atom is 0.244 e. The lowest BCUT2D eigenvalue weighted by Crippen LogP contribution is -2.57. The summed E-state index contributed by atoms with van der Waals surface area (Å²) in [5.41, 5.74) is 2.61. The highest BCUT2D eigenvalue weighted by Gasteiger charge is 2.30. The van der Waals surface area contributed by atoms with Crippen molar-refractivity contribution in [3.63, 3.8) is 0 Å². The Morgan fingerprint density at radius 3 is 1.57 bits per heavy atom. The van der Waals surface area contributed by atoms with Crippen molar-refractivity contribution in [2.24, 2.45) is 11.8 Å². The number of benzene rings is 3. The van der Waals surface area contributed by atoms with Gasteiger partial charge in [-0.2, -0.15) is 0 Å². The minimum absolute atomic E-state index is 0.0975. The average Bonchev–Trinajstić information content (AvgIpc) is 3.03. The second-order valence-electron chi connectivity index (χ2n) is 12.4. The molecule has 0 radical (unpaired) electrons. The minimum atomic E-state index is -0.983. The van der Waals surface area contributed by atoms with Crippen LogP contribution in [-0.2, 0) is 32.0 Å². The van der Waals surface area contributed by atoms with Crippen molar-refractivity contribution in [1.29, 1.82) is 0 Å². The molecule has 244 valence electrons. The van der Waals surface area contributed by atoms with Crippen LogP contribution in [0, 0.1) is 11.8 Å². The number of nitrogens with one attached hydrogen (secondary N) is 4. The first-order valence-corrected chi connectivity index (χ1v) is 16.1. The highest BCUT2D eigenvalue weighted by molar-refractivity contribution is 5.97. The lowest BCUT2D eigenvalue weighted by atomic mass is 10.00. The summed E-state index contributed by atoms with van der Waals surface area (Å²) in [6, 6.07) is 25.6. The van der Waals surface area contributed by atoms with Crippen molar-refractivity contribution < 1.29 is 19.2 Å². The van der Waals surface area contributed by atoms with E-state index in [1.165, 1.54) is 6.08 Å². The third kappa shape index (κ3) is 13.1. The Hall–Kier alpha value is -4.72. The van der Waals surface area contributed by atoms with Crippen molar-refractivity contribution in [2.75, 3.05) is 6.54 Å². The maximum absolute atomic E-state index is 13.9. The summed E-state index contributed by atoms with van der Waals surface area (Å²) in [6.07, 6.45) is 4.79. The van der Waals surface area contributed by atoms with Gasteiger partial charge in [-0.3, -0.25) is 19.2 Å². The molecule has 3 atom stereocenters. The number of hydrogen-bond acceptors (Lipinski definition) is 4. The zero-order chi connectivity index (χ0) is 33.3. The van der Waals surface area contributed by atoms with Crippen molar-refractivity contribution in [3.8, 4) is 0 Å². The first-order valence-electron chi connectivity index (χ1n) is 16.1. The average molecular weight is 625 g/mol. The number of amides is 4. The minimum Gasteiger partial charge on any atom is -0.354 e. The number of hydrogen-bond donors (Lipinski definition) is 4. The first kappa shape index (κ1) is 35.8. The molecule has 0 aliphatic rings. The van der Waals surface area contributed by atoms with Gasteiger partial charge in [0.1, 0.15) is 18.1 Å². The molecule has 46 heavy (non-hydrogen) atoms. The van der Waals surface area contributed by atoms with Crippen molar-refractivity contribution in [3.05, 3.63) is 114 Å². The van der Waals surface area contributed by atoms with E-state index in [0.717, 1.165) is 23.1 Å². The first-order chi connectivity index (χ1) is 22.1. The number of carbonyl (C=O) groups is 4. The topological polar surface area (TPSA) is 116 Å². The van der Waals surface area contributed by atoms with E-state index in [-0.39, 0.29) is 18.2 Å². The van der Waals surface area contributed by atoms with Gasteiger partial charge >= 0.3 is 0 Å². The van der Waals surface area contributed by atoms with Crippen LogP contribution in [-0.4, -0.2) is 48.3 Å². The van der Waals surface area contributed by atoms with Gasteiger partial charge in [-0.1, -0.05) is 119 Å². The molecule has 3 aromatic carbocycles. The zero-order valence-electron chi connectivity index (χ0n) is 27.4. The van der Waals surface area contributed by atoms with E-state index < -0.39 is 35.8 Å². The van der Waals surface area contributed by atoms with Gasteiger partial charge in [0.25, 0.3) is 0 Å². The lowest BCUT2D eigenvalue weighted by molar-refractivity contribution is -0.133. The van der Waals surface area contributed by atoms with Gasteiger partial charge in [0.2, 0.25) is 23.6 Å². The smallest absolute Gasteiger partial charge is 0.244 e. The molecule has 4 amide bonds. The lowest BCUT2D eigenvalue weighted by Gasteiger charge is -2.26. The van der Waals surface area contributed by atoms with Gasteiger partial charge in [0.15, 0.2) is 0 Å². The fraction of sp³-hybridized carbons (Fsp3) is 0.368. The third-order valence-electron chi connectivity index (χ3n) is 7.42. The molecule has 0 aromatic heterocycles. The summed E-state index contributed by atoms with van der Waals surface area (Å²) in [5.74, 6) is -1.11. The Balaban J connectivity index is 1.80. The van der Waals surface area contributed by atoms with Crippen LogP contribution < -0.4 is 21.3 Å². The molecule has 0 aliphatic heterocycles. The van der Waals surface area contributed by atoms with Crippen LogP contribution in [0.25, 0.3) is 6.08 Å². The van der Waals surface area contributed by atoms with Gasteiger partial charge in [-0.05, 0) is 47.4 Å². The fourth-order valence-electron chi connectivity index (χ4n) is 4.93. The molecular weight excluding hydrogens is 576 g/mol. The summed E-state index contributed by atoms with van der Waals surface area (Å²) in [6.45, 7) is 8.59. The van der Waals surface area contributed by atoms with E-state index in [0.29, 0.717) is 25.3 Å². The van der Waals surface area contributed by atoms with E-state index >= 15 is 0 Å². The van der Waals surface area contributed by atoms with Crippen LogP contribution >= 0.6 is 0 Å². The molecule has 0 spiro atoms. The Labute approximate surface area is 273 Å². The fourth-order valence-corrected chi connectivity index (χ4v) is 4.93. The van der Waals surface area contributed by atoms with Crippen LogP contribution in [0.4, 0.5) is 0 Å². The molecule has 8 heteroatoms. The second kappa shape index (κ2) is 18.9. The summed E-state index contributed by atoms with van der Waals surface area (Å²) >= 11 is 0. The van der Waals surface area contributed by atoms with Crippen molar-refractivity contribution >= 4 is 29.7 Å². The molecule has 8 nitrogen and oxygen atoms in total. The Bertz CT molecular complexity index is 1410. The van der Waals surface area contributed by atoms with Crippen LogP contribution in [0.2, 0.25) is 0 Å². The van der Waals surface area contributed by atoms with Crippen LogP contribution in [0.15, 0.2) is 97.1 Å². The molecule has 0 bridgehead atoms. The molecule has 0 aliphatic carbocycles. The third-order valence-corrected chi connectivity index (χ3v) is 7.42. The number of carbonyl (C=O) groups excluding carboxylic acids is 4. The monoisotopic (exact) mass is 624 g/mol. The predicted molar refractivity (Wildman–Crippen MR) is 183 cm³/mol. The molecule has 0 saturated heterocycles. The van der Waals surface area contributed by atoms with E-state index in [1.807, 2.05) is 105 Å². The largest absolute Gasteiger partial charge is 0.354 e. The van der Waals surface area contributed by atoms with Gasteiger partial charge in [-0.25, -0.2) is 0 Å². The molecule has 0 fully saturated rings. The molecule has 0 unspecified atom stereocenters. The molecule has 3 aromatic rings. The highest BCUT2D eigenvalue weighted by atomic mass is 16.2. The zero-order valence-corrected chi connectivity index (χ0v) is 27.4. The standard InChI is InChI=1S/C38H48N4O4/c1-27(2)22-23-39-36(44)33(25-30-16-10-6-11-17-30)41-38(46)34(26-31-18-12-7-13-19-31)42-37(45)32(24-28(3)4)40-35(43)21-20-29-14-8-5-9-15-29/h5-21,27-28,32-34H,22-26H2,1-4H3,(H,39,44)(H,40,43)(H,41,46)(H,42,45)/b21-20+/t32-,33-,34-/m0/s1.